The van der Waals surface area contributed by atoms with Crippen LogP contribution in [0.5, 0.6) is 51.7 Å². The molecule has 0 amide bonds. The first-order valence-electron chi connectivity index (χ1n) is 20.8. The van der Waals surface area contributed by atoms with Crippen molar-refractivity contribution < 1.29 is 45.5 Å². The lowest BCUT2D eigenvalue weighted by Gasteiger charge is -2.18. The van der Waals surface area contributed by atoms with E-state index in [1.54, 1.807) is 97.1 Å². The molecule has 0 unspecified atom stereocenters. The van der Waals surface area contributed by atoms with E-state index in [0.29, 0.717) is 71.1 Å². The van der Waals surface area contributed by atoms with E-state index in [9.17, 15) is 35.7 Å². The first-order chi connectivity index (χ1) is 31.0. The summed E-state index contributed by atoms with van der Waals surface area (Å²) in [7, 11) is 0. The number of rotatable bonds is 13. The third kappa shape index (κ3) is 9.00. The second-order valence-corrected chi connectivity index (χ2v) is 16.1. The van der Waals surface area contributed by atoms with Gasteiger partial charge < -0.3 is 35.7 Å². The van der Waals surface area contributed by atoms with Crippen molar-refractivity contribution in [3.63, 3.8) is 0 Å². The van der Waals surface area contributed by atoms with Gasteiger partial charge >= 0.3 is 0 Å². The number of phenolic OH excluding ortho intramolecular Hbond substituents is 7. The lowest BCUT2D eigenvalue weighted by Crippen LogP contribution is -2.02. The van der Waals surface area contributed by atoms with Crippen molar-refractivity contribution in [2.24, 2.45) is 0 Å². The Kier molecular flexibility index (Phi) is 11.3. The molecule has 0 atom stereocenters. The molecule has 9 aromatic rings. The third-order valence-corrected chi connectivity index (χ3v) is 11.6. The maximum atomic E-state index is 11.9. The molecule has 0 saturated carbocycles. The minimum atomic E-state index is 0.0951. The van der Waals surface area contributed by atoms with Crippen molar-refractivity contribution in [2.45, 2.75) is 32.1 Å². The van der Waals surface area contributed by atoms with Gasteiger partial charge in [-0.1, -0.05) is 78.9 Å². The van der Waals surface area contributed by atoms with Gasteiger partial charge in [-0.15, -0.1) is 0 Å². The van der Waals surface area contributed by atoms with E-state index in [1.165, 1.54) is 0 Å². The zero-order valence-corrected chi connectivity index (χ0v) is 34.6. The Balaban J connectivity index is 0.905. The van der Waals surface area contributed by atoms with Gasteiger partial charge in [-0.05, 0) is 152 Å². The fraction of sp³-hybridized carbons (Fsp3) is 0.0909. The number of aromatic hydroxyl groups is 7. The van der Waals surface area contributed by atoms with Crippen molar-refractivity contribution in [3.05, 3.63) is 219 Å². The first-order valence-corrected chi connectivity index (χ1v) is 20.8. The molecule has 0 bridgehead atoms. The summed E-state index contributed by atoms with van der Waals surface area (Å²) in [5, 5.41) is 77.2. The van der Waals surface area contributed by atoms with Gasteiger partial charge in [0.1, 0.15) is 40.2 Å². The van der Waals surface area contributed by atoms with Crippen molar-refractivity contribution in [2.75, 3.05) is 0 Å². The van der Waals surface area contributed by atoms with Crippen LogP contribution < -0.4 is 9.78 Å². The lowest BCUT2D eigenvalue weighted by atomic mass is 9.88. The molecule has 0 heterocycles. The Labute approximate surface area is 369 Å². The molecular formula is C55H44O9. The highest BCUT2D eigenvalue weighted by molar-refractivity contribution is 5.96. The Hall–Kier alpha value is -8.30. The summed E-state index contributed by atoms with van der Waals surface area (Å²) >= 11 is 0. The van der Waals surface area contributed by atoms with Gasteiger partial charge in [-0.3, -0.25) is 9.78 Å². The molecule has 0 aliphatic carbocycles. The van der Waals surface area contributed by atoms with E-state index in [-0.39, 0.29) is 40.2 Å². The number of fused-ring (bicyclic) bond motifs is 2. The summed E-state index contributed by atoms with van der Waals surface area (Å²) in [5.41, 5.74) is 8.20. The topological polar surface area (TPSA) is 160 Å². The molecule has 318 valence electrons. The van der Waals surface area contributed by atoms with Gasteiger partial charge in [-0.2, -0.15) is 0 Å². The maximum Gasteiger partial charge on any atom is 0.178 e. The molecule has 0 aliphatic heterocycles. The van der Waals surface area contributed by atoms with Gasteiger partial charge in [0.15, 0.2) is 11.5 Å². The Morgan fingerprint density at radius 2 is 0.734 bits per heavy atom. The maximum absolute atomic E-state index is 11.9. The fourth-order valence-electron chi connectivity index (χ4n) is 8.23. The van der Waals surface area contributed by atoms with E-state index in [0.717, 1.165) is 49.7 Å². The molecule has 0 aromatic heterocycles. The molecule has 0 fully saturated rings. The lowest BCUT2D eigenvalue weighted by molar-refractivity contribution is -0.0999. The van der Waals surface area contributed by atoms with Crippen LogP contribution in [-0.4, -0.2) is 35.7 Å². The highest BCUT2D eigenvalue weighted by Gasteiger charge is 2.20. The van der Waals surface area contributed by atoms with Crippen molar-refractivity contribution in [1.29, 1.82) is 0 Å². The quantitative estimate of drug-likeness (QED) is 0.0443. The molecule has 0 saturated heterocycles. The van der Waals surface area contributed by atoms with Gasteiger partial charge in [0.25, 0.3) is 0 Å². The molecule has 64 heavy (non-hydrogen) atoms. The van der Waals surface area contributed by atoms with Crippen molar-refractivity contribution in [3.8, 4) is 51.7 Å². The van der Waals surface area contributed by atoms with E-state index in [2.05, 4.69) is 0 Å². The largest absolute Gasteiger partial charge is 0.508 e. The van der Waals surface area contributed by atoms with Gasteiger partial charge in [0, 0.05) is 42.0 Å². The van der Waals surface area contributed by atoms with E-state index in [4.69, 9.17) is 9.78 Å². The van der Waals surface area contributed by atoms with E-state index >= 15 is 0 Å². The standard InChI is InChI=1S/C55H44O9/c56-43-14-1-33(2-15-43)25-39-13-24-51(59)49-31-42(28-35-5-18-45(58)19-6-35)55(62)50(53(39)49)29-37-9-22-47(23-10-37)64-63-46-20-7-36(8-21-46)26-40-12-11-38-32-52(60)41(30-48(38)54(40)61)27-34-3-16-44(57)17-4-34/h1-24,30-32,56-62H,25-29H2. The Morgan fingerprint density at radius 3 is 1.27 bits per heavy atom. The molecule has 9 heteroatoms. The first kappa shape index (κ1) is 41.1. The molecule has 0 aliphatic rings. The van der Waals surface area contributed by atoms with Crippen LogP contribution in [0.15, 0.2) is 164 Å². The predicted octanol–water partition coefficient (Wildman–Crippen LogP) is 11.3. The van der Waals surface area contributed by atoms with Crippen LogP contribution in [0.3, 0.4) is 0 Å². The van der Waals surface area contributed by atoms with Gasteiger partial charge in [0.2, 0.25) is 0 Å². The fourth-order valence-corrected chi connectivity index (χ4v) is 8.23. The number of hydrogen-bond acceptors (Lipinski definition) is 9. The van der Waals surface area contributed by atoms with Gasteiger partial charge in [0.05, 0.1) is 0 Å². The normalized spacial score (nSPS) is 11.2. The van der Waals surface area contributed by atoms with Crippen LogP contribution >= 0.6 is 0 Å². The van der Waals surface area contributed by atoms with Crippen molar-refractivity contribution >= 4 is 21.5 Å². The zero-order chi connectivity index (χ0) is 44.3. The molecule has 9 nitrogen and oxygen atoms in total. The van der Waals surface area contributed by atoms with Crippen LogP contribution in [0.25, 0.3) is 21.5 Å². The minimum Gasteiger partial charge on any atom is -0.508 e. The Morgan fingerprint density at radius 1 is 0.312 bits per heavy atom. The van der Waals surface area contributed by atoms with Gasteiger partial charge in [-0.25, -0.2) is 0 Å². The molecular weight excluding hydrogens is 805 g/mol. The molecule has 7 N–H and O–H groups in total. The number of benzene rings is 9. The number of hydrogen-bond donors (Lipinski definition) is 7. The van der Waals surface area contributed by atoms with Crippen LogP contribution in [0.1, 0.15) is 55.6 Å². The highest BCUT2D eigenvalue weighted by Crippen LogP contribution is 2.41. The Bertz CT molecular complexity index is 3110. The van der Waals surface area contributed by atoms with Crippen molar-refractivity contribution in [1.82, 2.24) is 0 Å². The van der Waals surface area contributed by atoms with Crippen LogP contribution in [0, 0.1) is 0 Å². The summed E-state index contributed by atoms with van der Waals surface area (Å²) in [6.45, 7) is 0. The second kappa shape index (κ2) is 17.6. The average molecular weight is 849 g/mol. The zero-order valence-electron chi connectivity index (χ0n) is 34.6. The van der Waals surface area contributed by atoms with Crippen LogP contribution in [0.4, 0.5) is 0 Å². The predicted molar refractivity (Wildman–Crippen MR) is 247 cm³/mol. The minimum absolute atomic E-state index is 0.0951. The second-order valence-electron chi connectivity index (χ2n) is 16.1. The van der Waals surface area contributed by atoms with E-state index < -0.39 is 0 Å². The third-order valence-electron chi connectivity index (χ3n) is 11.6. The molecule has 0 spiro atoms. The summed E-state index contributed by atoms with van der Waals surface area (Å²) in [4.78, 5) is 11.4. The molecule has 0 radical (unpaired) electrons. The molecule has 9 rings (SSSR count). The summed E-state index contributed by atoms with van der Waals surface area (Å²) < 4.78 is 0. The SMILES string of the molecule is Oc1ccc(Cc2cc3c(O)c(Cc4ccc(OOc5ccc(Cc6c(O)c(Cc7ccc(O)cc7)cc7c(O)ccc(Cc8ccc(O)cc8)c67)cc5)cc4)ccc3cc2O)cc1. The summed E-state index contributed by atoms with van der Waals surface area (Å²) in [6, 6.07) is 48.0. The van der Waals surface area contributed by atoms with Crippen LogP contribution in [-0.2, 0) is 32.1 Å². The smallest absolute Gasteiger partial charge is 0.178 e. The average Bonchev–Trinajstić information content (AvgIpc) is 3.30. The molecule has 9 aromatic carbocycles. The van der Waals surface area contributed by atoms with E-state index in [1.807, 2.05) is 66.7 Å². The van der Waals surface area contributed by atoms with Crippen LogP contribution in [0.2, 0.25) is 0 Å². The number of phenols is 7. The summed E-state index contributed by atoms with van der Waals surface area (Å²) in [6.07, 6.45) is 2.13. The highest BCUT2D eigenvalue weighted by atomic mass is 17.2. The summed E-state index contributed by atoms with van der Waals surface area (Å²) in [5.74, 6) is 1.94. The monoisotopic (exact) mass is 848 g/mol.